The second-order valence-electron chi connectivity index (χ2n) is 3.02. The fourth-order valence-electron chi connectivity index (χ4n) is 1.03. The average Bonchev–Trinajstić information content (AvgIpc) is 2.29. The number of alkyl halides is 2. The van der Waals surface area contributed by atoms with Crippen molar-refractivity contribution in [3.63, 3.8) is 0 Å². The number of carbonyl (C=O) groups excluding carboxylic acids is 1. The van der Waals surface area contributed by atoms with Crippen molar-refractivity contribution in [1.82, 2.24) is 0 Å². The van der Waals surface area contributed by atoms with Crippen molar-refractivity contribution in [2.24, 2.45) is 0 Å². The molecule has 0 saturated heterocycles. The lowest BCUT2D eigenvalue weighted by atomic mass is 10.1. The third-order valence-corrected chi connectivity index (χ3v) is 2.79. The molecule has 0 N–H and O–H groups in total. The predicted octanol–water partition coefficient (Wildman–Crippen LogP) is 3.62. The van der Waals surface area contributed by atoms with E-state index in [1.54, 1.807) is 24.3 Å². The van der Waals surface area contributed by atoms with Gasteiger partial charge in [0.25, 0.3) is 0 Å². The molecular formula is C11H12BrClO2. The van der Waals surface area contributed by atoms with E-state index in [0.29, 0.717) is 16.6 Å². The van der Waals surface area contributed by atoms with Crippen molar-refractivity contribution in [2.75, 3.05) is 5.33 Å². The van der Waals surface area contributed by atoms with Crippen LogP contribution in [0.4, 0.5) is 0 Å². The summed E-state index contributed by atoms with van der Waals surface area (Å²) in [5.41, 5.74) is 0.351. The number of ketones is 1. The Morgan fingerprint density at radius 1 is 1.47 bits per heavy atom. The van der Waals surface area contributed by atoms with Gasteiger partial charge in [-0.05, 0) is 30.7 Å². The van der Waals surface area contributed by atoms with Gasteiger partial charge in [0.2, 0.25) is 0 Å². The van der Waals surface area contributed by atoms with Gasteiger partial charge in [-0.3, -0.25) is 4.79 Å². The third-order valence-electron chi connectivity index (χ3n) is 1.88. The van der Waals surface area contributed by atoms with E-state index in [-0.39, 0.29) is 11.3 Å². The first kappa shape index (κ1) is 12.5. The quantitative estimate of drug-likeness (QED) is 0.612. The van der Waals surface area contributed by atoms with Crippen LogP contribution in [-0.4, -0.2) is 16.7 Å². The minimum absolute atomic E-state index is 0.0551. The average molecular weight is 292 g/mol. The molecule has 0 aliphatic carbocycles. The Bertz CT molecular complexity index is 324. The van der Waals surface area contributed by atoms with Crippen LogP contribution in [0.5, 0.6) is 5.75 Å². The summed E-state index contributed by atoms with van der Waals surface area (Å²) in [5, 5.41) is 0.334. The molecule has 0 spiro atoms. The van der Waals surface area contributed by atoms with Crippen LogP contribution in [0.1, 0.15) is 23.7 Å². The van der Waals surface area contributed by atoms with Gasteiger partial charge in [0.15, 0.2) is 11.3 Å². The number of hydrogen-bond donors (Lipinski definition) is 0. The van der Waals surface area contributed by atoms with Crippen molar-refractivity contribution in [2.45, 2.75) is 18.9 Å². The molecule has 0 amide bonds. The van der Waals surface area contributed by atoms with Gasteiger partial charge < -0.3 is 4.74 Å². The normalized spacial score (nSPS) is 12.2. The zero-order valence-electron chi connectivity index (χ0n) is 8.37. The zero-order chi connectivity index (χ0) is 11.3. The summed E-state index contributed by atoms with van der Waals surface area (Å²) in [6.07, 6.45) is 0.740. The van der Waals surface area contributed by atoms with E-state index in [1.165, 1.54) is 0 Å². The van der Waals surface area contributed by atoms with Crippen LogP contribution in [0, 0.1) is 0 Å². The van der Waals surface area contributed by atoms with Crippen LogP contribution in [0.25, 0.3) is 0 Å². The molecule has 2 nitrogen and oxygen atoms in total. The topological polar surface area (TPSA) is 26.3 Å². The number of Topliss-reactive ketones (excluding diaryl/α,β-unsaturated/α-hetero) is 1. The maximum atomic E-state index is 11.3. The predicted molar refractivity (Wildman–Crippen MR) is 65.1 cm³/mol. The summed E-state index contributed by atoms with van der Waals surface area (Å²) in [5.74, 6) is 0.738. The van der Waals surface area contributed by atoms with Gasteiger partial charge in [0.1, 0.15) is 5.75 Å². The standard InChI is InChI=1S/C11H12BrClO2/c1-2-11(13)15-9-5-3-8(4-6-9)10(14)7-12/h3-6,11H,2,7H2,1H3. The van der Waals surface area contributed by atoms with Crippen molar-refractivity contribution >= 4 is 33.3 Å². The van der Waals surface area contributed by atoms with E-state index in [2.05, 4.69) is 15.9 Å². The van der Waals surface area contributed by atoms with E-state index in [9.17, 15) is 4.79 Å². The van der Waals surface area contributed by atoms with Crippen LogP contribution >= 0.6 is 27.5 Å². The van der Waals surface area contributed by atoms with Crippen molar-refractivity contribution in [1.29, 1.82) is 0 Å². The van der Waals surface area contributed by atoms with Gasteiger partial charge in [-0.1, -0.05) is 34.5 Å². The fourth-order valence-corrected chi connectivity index (χ4v) is 1.45. The lowest BCUT2D eigenvalue weighted by Crippen LogP contribution is -2.06. The summed E-state index contributed by atoms with van der Waals surface area (Å²) < 4.78 is 5.37. The van der Waals surface area contributed by atoms with Crippen LogP contribution in [0.3, 0.4) is 0 Å². The number of ether oxygens (including phenoxy) is 1. The molecule has 1 aromatic carbocycles. The third kappa shape index (κ3) is 3.84. The molecule has 0 fully saturated rings. The second kappa shape index (κ2) is 6.13. The summed E-state index contributed by atoms with van der Waals surface area (Å²) in [6.45, 7) is 1.94. The molecule has 1 rings (SSSR count). The molecule has 1 atom stereocenters. The fraction of sp³-hybridized carbons (Fsp3) is 0.364. The van der Waals surface area contributed by atoms with E-state index < -0.39 is 0 Å². The first-order chi connectivity index (χ1) is 7.17. The smallest absolute Gasteiger partial charge is 0.173 e. The molecule has 0 aliphatic heterocycles. The second-order valence-corrected chi connectivity index (χ2v) is 4.06. The number of hydrogen-bond acceptors (Lipinski definition) is 2. The Balaban J connectivity index is 2.68. The van der Waals surface area contributed by atoms with Crippen LogP contribution in [-0.2, 0) is 0 Å². The number of rotatable bonds is 5. The van der Waals surface area contributed by atoms with Crippen molar-refractivity contribution in [3.05, 3.63) is 29.8 Å². The van der Waals surface area contributed by atoms with E-state index in [1.807, 2.05) is 6.92 Å². The van der Waals surface area contributed by atoms with E-state index in [0.717, 1.165) is 6.42 Å². The number of benzene rings is 1. The minimum Gasteiger partial charge on any atom is -0.475 e. The first-order valence-electron chi connectivity index (χ1n) is 4.67. The monoisotopic (exact) mass is 290 g/mol. The highest BCUT2D eigenvalue weighted by molar-refractivity contribution is 9.09. The summed E-state index contributed by atoms with van der Waals surface area (Å²) in [4.78, 5) is 11.3. The molecule has 15 heavy (non-hydrogen) atoms. The number of halogens is 2. The molecule has 0 saturated carbocycles. The van der Waals surface area contributed by atoms with Gasteiger partial charge in [-0.15, -0.1) is 0 Å². The molecular weight excluding hydrogens is 279 g/mol. The lowest BCUT2D eigenvalue weighted by molar-refractivity contribution is 0.102. The molecule has 0 aromatic heterocycles. The van der Waals surface area contributed by atoms with E-state index in [4.69, 9.17) is 16.3 Å². The molecule has 0 radical (unpaired) electrons. The zero-order valence-corrected chi connectivity index (χ0v) is 10.7. The highest BCUT2D eigenvalue weighted by Gasteiger charge is 2.05. The Labute approximate surface area is 103 Å². The SMILES string of the molecule is CCC(Cl)Oc1ccc(C(=O)CBr)cc1. The highest BCUT2D eigenvalue weighted by Crippen LogP contribution is 2.17. The molecule has 0 heterocycles. The van der Waals surface area contributed by atoms with Gasteiger partial charge in [-0.25, -0.2) is 0 Å². The summed E-state index contributed by atoms with van der Waals surface area (Å²) in [6, 6.07) is 6.97. The summed E-state index contributed by atoms with van der Waals surface area (Å²) in [7, 11) is 0. The van der Waals surface area contributed by atoms with Crippen molar-refractivity contribution in [3.8, 4) is 5.75 Å². The van der Waals surface area contributed by atoms with Gasteiger partial charge >= 0.3 is 0 Å². The Morgan fingerprint density at radius 3 is 2.53 bits per heavy atom. The van der Waals surface area contributed by atoms with Gasteiger partial charge in [-0.2, -0.15) is 0 Å². The first-order valence-corrected chi connectivity index (χ1v) is 6.23. The van der Waals surface area contributed by atoms with Gasteiger partial charge in [0.05, 0.1) is 5.33 Å². The van der Waals surface area contributed by atoms with Crippen molar-refractivity contribution < 1.29 is 9.53 Å². The van der Waals surface area contributed by atoms with E-state index >= 15 is 0 Å². The maximum Gasteiger partial charge on any atom is 0.173 e. The van der Waals surface area contributed by atoms with Crippen LogP contribution < -0.4 is 4.74 Å². The minimum atomic E-state index is -0.317. The Hall–Kier alpha value is -0.540. The largest absolute Gasteiger partial charge is 0.475 e. The summed E-state index contributed by atoms with van der Waals surface area (Å²) >= 11 is 8.95. The lowest BCUT2D eigenvalue weighted by Gasteiger charge is -2.10. The molecule has 0 aliphatic rings. The Morgan fingerprint density at radius 2 is 2.07 bits per heavy atom. The molecule has 4 heteroatoms. The van der Waals surface area contributed by atoms with Crippen LogP contribution in [0.2, 0.25) is 0 Å². The molecule has 0 bridgehead atoms. The van der Waals surface area contributed by atoms with Gasteiger partial charge in [0, 0.05) is 5.56 Å². The molecule has 1 aromatic rings. The van der Waals surface area contributed by atoms with Crippen LogP contribution in [0.15, 0.2) is 24.3 Å². The highest BCUT2D eigenvalue weighted by atomic mass is 79.9. The maximum absolute atomic E-state index is 11.3. The molecule has 82 valence electrons. The number of carbonyl (C=O) groups is 1. The molecule has 1 unspecified atom stereocenters. The Kier molecular flexibility index (Phi) is 5.12.